The fourth-order valence-electron chi connectivity index (χ4n) is 2.57. The Bertz CT molecular complexity index is 639. The molecular weight excluding hydrogens is 284 g/mol. The maximum absolute atomic E-state index is 12.3. The first-order valence-corrected chi connectivity index (χ1v) is 7.11. The SMILES string of the molecule is COCC1(NC(=O)Nc2cccnc2-n2cncn2)CCC1. The van der Waals surface area contributed by atoms with Gasteiger partial charge in [-0.1, -0.05) is 0 Å². The molecule has 3 rings (SSSR count). The van der Waals surface area contributed by atoms with Crippen LogP contribution in [-0.2, 0) is 4.74 Å². The molecular formula is C14H18N6O2. The van der Waals surface area contributed by atoms with Crippen molar-refractivity contribution in [1.29, 1.82) is 0 Å². The lowest BCUT2D eigenvalue weighted by atomic mass is 9.77. The van der Waals surface area contributed by atoms with Gasteiger partial charge in [-0.3, -0.25) is 0 Å². The van der Waals surface area contributed by atoms with Gasteiger partial charge in [-0.15, -0.1) is 0 Å². The van der Waals surface area contributed by atoms with Crippen LogP contribution in [0.4, 0.5) is 10.5 Å². The number of urea groups is 1. The van der Waals surface area contributed by atoms with Gasteiger partial charge in [-0.05, 0) is 31.4 Å². The monoisotopic (exact) mass is 302 g/mol. The van der Waals surface area contributed by atoms with Gasteiger partial charge in [0.15, 0.2) is 5.82 Å². The third-order valence-corrected chi connectivity index (χ3v) is 3.78. The molecule has 22 heavy (non-hydrogen) atoms. The van der Waals surface area contributed by atoms with Gasteiger partial charge >= 0.3 is 6.03 Å². The fraction of sp³-hybridized carbons (Fsp3) is 0.429. The van der Waals surface area contributed by atoms with Crippen LogP contribution in [0.25, 0.3) is 5.82 Å². The molecule has 116 valence electrons. The molecule has 1 aliphatic carbocycles. The number of carbonyl (C=O) groups is 1. The van der Waals surface area contributed by atoms with Crippen molar-refractivity contribution in [2.75, 3.05) is 19.0 Å². The Morgan fingerprint density at radius 2 is 2.36 bits per heavy atom. The predicted octanol–water partition coefficient (Wildman–Crippen LogP) is 1.35. The van der Waals surface area contributed by atoms with Crippen LogP contribution in [0.2, 0.25) is 0 Å². The minimum Gasteiger partial charge on any atom is -0.382 e. The summed E-state index contributed by atoms with van der Waals surface area (Å²) in [5.41, 5.74) is 0.312. The zero-order valence-corrected chi connectivity index (χ0v) is 12.3. The molecule has 0 aromatic carbocycles. The Morgan fingerprint density at radius 3 is 3.00 bits per heavy atom. The normalized spacial score (nSPS) is 15.9. The van der Waals surface area contributed by atoms with Gasteiger partial charge in [0.2, 0.25) is 0 Å². The number of ether oxygens (including phenoxy) is 1. The molecule has 8 heteroatoms. The van der Waals surface area contributed by atoms with Crippen molar-refractivity contribution in [2.24, 2.45) is 0 Å². The average Bonchev–Trinajstić information content (AvgIpc) is 2.99. The van der Waals surface area contributed by atoms with E-state index in [2.05, 4.69) is 25.7 Å². The summed E-state index contributed by atoms with van der Waals surface area (Å²) in [5, 5.41) is 9.87. The molecule has 1 aliphatic rings. The molecule has 0 atom stereocenters. The Labute approximate surface area is 127 Å². The minimum atomic E-state index is -0.272. The topological polar surface area (TPSA) is 94.0 Å². The summed E-state index contributed by atoms with van der Waals surface area (Å²) in [7, 11) is 1.64. The first kappa shape index (κ1) is 14.5. The largest absolute Gasteiger partial charge is 0.382 e. The smallest absolute Gasteiger partial charge is 0.319 e. The number of nitrogens with zero attached hydrogens (tertiary/aromatic N) is 4. The summed E-state index contributed by atoms with van der Waals surface area (Å²) < 4.78 is 6.71. The molecule has 0 saturated heterocycles. The number of anilines is 1. The molecule has 1 fully saturated rings. The lowest BCUT2D eigenvalue weighted by Gasteiger charge is -2.41. The highest BCUT2D eigenvalue weighted by Gasteiger charge is 2.38. The van der Waals surface area contributed by atoms with Crippen LogP contribution in [0.15, 0.2) is 31.0 Å². The van der Waals surface area contributed by atoms with E-state index >= 15 is 0 Å². The predicted molar refractivity (Wildman–Crippen MR) is 79.8 cm³/mol. The fourth-order valence-corrected chi connectivity index (χ4v) is 2.57. The Kier molecular flexibility index (Phi) is 4.01. The second-order valence-corrected chi connectivity index (χ2v) is 5.36. The molecule has 2 aromatic rings. The summed E-state index contributed by atoms with van der Waals surface area (Å²) in [5.74, 6) is 0.518. The summed E-state index contributed by atoms with van der Waals surface area (Å²) >= 11 is 0. The van der Waals surface area contributed by atoms with Crippen molar-refractivity contribution in [3.05, 3.63) is 31.0 Å². The first-order valence-electron chi connectivity index (χ1n) is 7.11. The highest BCUT2D eigenvalue weighted by Crippen LogP contribution is 2.32. The van der Waals surface area contributed by atoms with E-state index in [1.54, 1.807) is 25.4 Å². The second-order valence-electron chi connectivity index (χ2n) is 5.36. The maximum atomic E-state index is 12.3. The molecule has 1 saturated carbocycles. The maximum Gasteiger partial charge on any atom is 0.319 e. The summed E-state index contributed by atoms with van der Waals surface area (Å²) in [6, 6.07) is 3.25. The van der Waals surface area contributed by atoms with Gasteiger partial charge in [0.05, 0.1) is 17.8 Å². The number of amides is 2. The van der Waals surface area contributed by atoms with E-state index in [-0.39, 0.29) is 11.6 Å². The van der Waals surface area contributed by atoms with Crippen molar-refractivity contribution in [3.8, 4) is 5.82 Å². The van der Waals surface area contributed by atoms with Crippen LogP contribution in [-0.4, -0.2) is 45.0 Å². The van der Waals surface area contributed by atoms with Crippen molar-refractivity contribution in [2.45, 2.75) is 24.8 Å². The molecule has 2 heterocycles. The van der Waals surface area contributed by atoms with Crippen molar-refractivity contribution in [3.63, 3.8) is 0 Å². The van der Waals surface area contributed by atoms with Crippen molar-refractivity contribution >= 4 is 11.7 Å². The number of rotatable bonds is 5. The summed E-state index contributed by atoms with van der Waals surface area (Å²) in [4.78, 5) is 20.4. The highest BCUT2D eigenvalue weighted by molar-refractivity contribution is 5.91. The van der Waals surface area contributed by atoms with Gasteiger partial charge < -0.3 is 15.4 Å². The van der Waals surface area contributed by atoms with Gasteiger partial charge in [-0.2, -0.15) is 5.10 Å². The van der Waals surface area contributed by atoms with Gasteiger partial charge in [-0.25, -0.2) is 19.4 Å². The number of aromatic nitrogens is 4. The lowest BCUT2D eigenvalue weighted by Crippen LogP contribution is -2.57. The Balaban J connectivity index is 1.72. The van der Waals surface area contributed by atoms with E-state index < -0.39 is 0 Å². The van der Waals surface area contributed by atoms with E-state index in [0.29, 0.717) is 18.1 Å². The number of carbonyl (C=O) groups excluding carboxylic acids is 1. The number of hydrogen-bond acceptors (Lipinski definition) is 5. The van der Waals surface area contributed by atoms with Crippen LogP contribution >= 0.6 is 0 Å². The van der Waals surface area contributed by atoms with E-state index in [9.17, 15) is 4.79 Å². The van der Waals surface area contributed by atoms with Crippen LogP contribution in [0.1, 0.15) is 19.3 Å². The Morgan fingerprint density at radius 1 is 1.50 bits per heavy atom. The zero-order chi connectivity index (χ0) is 15.4. The standard InChI is InChI=1S/C14H18N6O2/c1-22-8-14(5-3-6-14)19-13(21)18-11-4-2-7-16-12(11)20-10-15-9-17-20/h2,4,7,9-10H,3,5-6,8H2,1H3,(H2,18,19,21). The first-order chi connectivity index (χ1) is 10.7. The molecule has 0 aliphatic heterocycles. The van der Waals surface area contributed by atoms with Gasteiger partial charge in [0.1, 0.15) is 12.7 Å². The van der Waals surface area contributed by atoms with Crippen molar-refractivity contribution < 1.29 is 9.53 Å². The van der Waals surface area contributed by atoms with Crippen molar-refractivity contribution in [1.82, 2.24) is 25.1 Å². The molecule has 2 amide bonds. The number of methoxy groups -OCH3 is 1. The molecule has 0 spiro atoms. The van der Waals surface area contributed by atoms with Crippen LogP contribution in [0.5, 0.6) is 0 Å². The van der Waals surface area contributed by atoms with Gasteiger partial charge in [0, 0.05) is 13.3 Å². The summed E-state index contributed by atoms with van der Waals surface area (Å²) in [6.45, 7) is 0.517. The molecule has 2 N–H and O–H groups in total. The molecule has 0 unspecified atom stereocenters. The number of pyridine rings is 1. The zero-order valence-electron chi connectivity index (χ0n) is 12.3. The van der Waals surface area contributed by atoms with Crippen LogP contribution in [0.3, 0.4) is 0 Å². The van der Waals surface area contributed by atoms with E-state index in [0.717, 1.165) is 19.3 Å². The van der Waals surface area contributed by atoms with Crippen LogP contribution in [0, 0.1) is 0 Å². The molecule has 2 aromatic heterocycles. The third kappa shape index (κ3) is 2.91. The lowest BCUT2D eigenvalue weighted by molar-refractivity contribution is 0.0648. The third-order valence-electron chi connectivity index (χ3n) is 3.78. The Hall–Kier alpha value is -2.48. The average molecular weight is 302 g/mol. The van der Waals surface area contributed by atoms with E-state index in [1.165, 1.54) is 17.3 Å². The van der Waals surface area contributed by atoms with E-state index in [1.807, 2.05) is 0 Å². The number of hydrogen-bond donors (Lipinski definition) is 2. The number of nitrogens with one attached hydrogen (secondary N) is 2. The minimum absolute atomic E-state index is 0.255. The van der Waals surface area contributed by atoms with Crippen LogP contribution < -0.4 is 10.6 Å². The molecule has 8 nitrogen and oxygen atoms in total. The quantitative estimate of drug-likeness (QED) is 0.869. The van der Waals surface area contributed by atoms with E-state index in [4.69, 9.17) is 4.74 Å². The highest BCUT2D eigenvalue weighted by atomic mass is 16.5. The second kappa shape index (κ2) is 6.10. The van der Waals surface area contributed by atoms with Gasteiger partial charge in [0.25, 0.3) is 0 Å². The molecule has 0 radical (unpaired) electrons. The summed E-state index contributed by atoms with van der Waals surface area (Å²) in [6.07, 6.45) is 7.54. The molecule has 0 bridgehead atoms.